The first-order chi connectivity index (χ1) is 9.24. The van der Waals surface area contributed by atoms with Crippen molar-refractivity contribution in [3.8, 4) is 0 Å². The summed E-state index contributed by atoms with van der Waals surface area (Å²) in [6.07, 6.45) is 5.57. The van der Waals surface area contributed by atoms with Gasteiger partial charge in [0, 0.05) is 18.3 Å². The van der Waals surface area contributed by atoms with Crippen molar-refractivity contribution >= 4 is 5.52 Å². The Balaban J connectivity index is 1.72. The monoisotopic (exact) mass is 256 g/mol. The average molecular weight is 256 g/mol. The second kappa shape index (κ2) is 4.85. The maximum atomic E-state index is 5.51. The van der Waals surface area contributed by atoms with Crippen LogP contribution in [0.1, 0.15) is 30.2 Å². The molecule has 3 heterocycles. The Morgan fingerprint density at radius 3 is 3.05 bits per heavy atom. The lowest BCUT2D eigenvalue weighted by Gasteiger charge is -2.09. The van der Waals surface area contributed by atoms with E-state index in [1.54, 1.807) is 6.20 Å². The van der Waals surface area contributed by atoms with E-state index < -0.39 is 0 Å². The van der Waals surface area contributed by atoms with Crippen molar-refractivity contribution in [2.45, 2.75) is 26.4 Å². The van der Waals surface area contributed by atoms with Crippen LogP contribution in [0.4, 0.5) is 0 Å². The van der Waals surface area contributed by atoms with Crippen molar-refractivity contribution in [2.75, 3.05) is 0 Å². The fourth-order valence-corrected chi connectivity index (χ4v) is 2.05. The molecule has 3 aromatic rings. The lowest BCUT2D eigenvalue weighted by atomic mass is 10.2. The van der Waals surface area contributed by atoms with Crippen LogP contribution in [0.15, 0.2) is 41.2 Å². The minimum absolute atomic E-state index is 0.0763. The van der Waals surface area contributed by atoms with Gasteiger partial charge in [-0.05, 0) is 26.0 Å². The molecule has 5 heteroatoms. The highest BCUT2D eigenvalue weighted by molar-refractivity contribution is 5.53. The summed E-state index contributed by atoms with van der Waals surface area (Å²) in [4.78, 5) is 4.23. The fourth-order valence-electron chi connectivity index (χ4n) is 2.05. The molecule has 0 spiro atoms. The molecule has 0 saturated heterocycles. The molecule has 0 aliphatic rings. The van der Waals surface area contributed by atoms with Gasteiger partial charge in [-0.25, -0.2) is 9.50 Å². The van der Waals surface area contributed by atoms with Gasteiger partial charge in [0.05, 0.1) is 24.0 Å². The fraction of sp³-hybridized carbons (Fsp3) is 0.286. The van der Waals surface area contributed by atoms with Gasteiger partial charge in [-0.15, -0.1) is 0 Å². The van der Waals surface area contributed by atoms with Gasteiger partial charge in [-0.3, -0.25) is 0 Å². The number of fused-ring (bicyclic) bond motifs is 1. The van der Waals surface area contributed by atoms with Crippen molar-refractivity contribution in [1.29, 1.82) is 0 Å². The predicted octanol–water partition coefficient (Wildman–Crippen LogP) is 2.48. The molecule has 0 fully saturated rings. The summed E-state index contributed by atoms with van der Waals surface area (Å²) < 4.78 is 7.38. The normalized spacial score (nSPS) is 12.9. The summed E-state index contributed by atoms with van der Waals surface area (Å²) in [5.41, 5.74) is 2.28. The van der Waals surface area contributed by atoms with Crippen molar-refractivity contribution < 1.29 is 4.42 Å². The van der Waals surface area contributed by atoms with Crippen molar-refractivity contribution in [3.63, 3.8) is 0 Å². The first-order valence-corrected chi connectivity index (χ1v) is 6.31. The van der Waals surface area contributed by atoms with Crippen LogP contribution in [-0.2, 0) is 6.54 Å². The SMILES string of the molecule is Cc1cnc(C(C)NCc2cnn3ccccc23)o1. The van der Waals surface area contributed by atoms with Crippen LogP contribution in [0.25, 0.3) is 5.52 Å². The van der Waals surface area contributed by atoms with Gasteiger partial charge in [-0.1, -0.05) is 6.07 Å². The molecular formula is C14H16N4O. The zero-order valence-corrected chi connectivity index (χ0v) is 11.0. The van der Waals surface area contributed by atoms with Crippen molar-refractivity contribution in [3.05, 3.63) is 54.0 Å². The smallest absolute Gasteiger partial charge is 0.211 e. The van der Waals surface area contributed by atoms with E-state index in [4.69, 9.17) is 4.42 Å². The largest absolute Gasteiger partial charge is 0.444 e. The minimum Gasteiger partial charge on any atom is -0.444 e. The van der Waals surface area contributed by atoms with E-state index in [2.05, 4.69) is 21.5 Å². The Hall–Kier alpha value is -2.14. The summed E-state index contributed by atoms with van der Waals surface area (Å²) in [5.74, 6) is 1.55. The maximum absolute atomic E-state index is 5.51. The van der Waals surface area contributed by atoms with E-state index in [9.17, 15) is 0 Å². The third kappa shape index (κ3) is 2.37. The Bertz CT molecular complexity index is 685. The molecule has 1 N–H and O–H groups in total. The summed E-state index contributed by atoms with van der Waals surface area (Å²) in [7, 11) is 0. The molecule has 0 saturated carbocycles. The lowest BCUT2D eigenvalue weighted by molar-refractivity contribution is 0.402. The van der Waals surface area contributed by atoms with Gasteiger partial charge in [-0.2, -0.15) is 5.10 Å². The third-order valence-electron chi connectivity index (χ3n) is 3.11. The Morgan fingerprint density at radius 2 is 2.26 bits per heavy atom. The molecule has 1 unspecified atom stereocenters. The highest BCUT2D eigenvalue weighted by atomic mass is 16.4. The predicted molar refractivity (Wildman–Crippen MR) is 71.7 cm³/mol. The Morgan fingerprint density at radius 1 is 1.37 bits per heavy atom. The molecule has 0 aliphatic carbocycles. The summed E-state index contributed by atoms with van der Waals surface area (Å²) in [6.45, 7) is 4.67. The number of hydrogen-bond acceptors (Lipinski definition) is 4. The topological polar surface area (TPSA) is 55.4 Å². The zero-order chi connectivity index (χ0) is 13.2. The van der Waals surface area contributed by atoms with Gasteiger partial charge in [0.25, 0.3) is 0 Å². The number of oxazole rings is 1. The summed E-state index contributed by atoms with van der Waals surface area (Å²) >= 11 is 0. The molecule has 5 nitrogen and oxygen atoms in total. The molecule has 0 aliphatic heterocycles. The van der Waals surface area contributed by atoms with Gasteiger partial charge in [0.15, 0.2) is 0 Å². The van der Waals surface area contributed by atoms with Gasteiger partial charge in [0.1, 0.15) is 5.76 Å². The van der Waals surface area contributed by atoms with Gasteiger partial charge >= 0.3 is 0 Å². The van der Waals surface area contributed by atoms with E-state index in [-0.39, 0.29) is 6.04 Å². The molecule has 1 atom stereocenters. The number of nitrogens with zero attached hydrogens (tertiary/aromatic N) is 3. The molecular weight excluding hydrogens is 240 g/mol. The molecule has 3 aromatic heterocycles. The Kier molecular flexibility index (Phi) is 3.05. The zero-order valence-electron chi connectivity index (χ0n) is 11.0. The highest BCUT2D eigenvalue weighted by Crippen LogP contribution is 2.14. The van der Waals surface area contributed by atoms with Crippen LogP contribution in [0, 0.1) is 6.92 Å². The molecule has 98 valence electrons. The van der Waals surface area contributed by atoms with Crippen LogP contribution < -0.4 is 5.32 Å². The molecule has 0 bridgehead atoms. The first-order valence-electron chi connectivity index (χ1n) is 6.31. The minimum atomic E-state index is 0.0763. The quantitative estimate of drug-likeness (QED) is 0.779. The van der Waals surface area contributed by atoms with Crippen LogP contribution >= 0.6 is 0 Å². The second-order valence-electron chi connectivity index (χ2n) is 4.61. The molecule has 0 amide bonds. The summed E-state index contributed by atoms with van der Waals surface area (Å²) in [5, 5.41) is 7.71. The number of aromatic nitrogens is 3. The number of aryl methyl sites for hydroxylation is 1. The lowest BCUT2D eigenvalue weighted by Crippen LogP contribution is -2.18. The van der Waals surface area contributed by atoms with E-state index in [1.807, 2.05) is 42.9 Å². The van der Waals surface area contributed by atoms with Crippen LogP contribution in [-0.4, -0.2) is 14.6 Å². The number of hydrogen-bond donors (Lipinski definition) is 1. The highest BCUT2D eigenvalue weighted by Gasteiger charge is 2.11. The Labute approximate surface area is 111 Å². The molecule has 0 aromatic carbocycles. The van der Waals surface area contributed by atoms with Gasteiger partial charge in [0.2, 0.25) is 5.89 Å². The van der Waals surface area contributed by atoms with Crippen molar-refractivity contribution in [1.82, 2.24) is 19.9 Å². The first kappa shape index (κ1) is 11.9. The van der Waals surface area contributed by atoms with Crippen LogP contribution in [0.3, 0.4) is 0 Å². The molecule has 3 rings (SSSR count). The van der Waals surface area contributed by atoms with E-state index in [1.165, 1.54) is 0 Å². The van der Waals surface area contributed by atoms with E-state index in [0.29, 0.717) is 5.89 Å². The van der Waals surface area contributed by atoms with Crippen molar-refractivity contribution in [2.24, 2.45) is 0 Å². The van der Waals surface area contributed by atoms with Crippen LogP contribution in [0.5, 0.6) is 0 Å². The van der Waals surface area contributed by atoms with E-state index in [0.717, 1.165) is 23.4 Å². The molecule has 0 radical (unpaired) electrons. The molecule has 19 heavy (non-hydrogen) atoms. The average Bonchev–Trinajstić information content (AvgIpc) is 3.02. The summed E-state index contributed by atoms with van der Waals surface area (Å²) in [6, 6.07) is 6.12. The maximum Gasteiger partial charge on any atom is 0.211 e. The standard InChI is InChI=1S/C14H16N4O/c1-10-7-16-14(19-10)11(2)15-8-12-9-17-18-6-4-3-5-13(12)18/h3-7,9,11,15H,8H2,1-2H3. The number of rotatable bonds is 4. The number of nitrogens with one attached hydrogen (secondary N) is 1. The number of pyridine rings is 1. The third-order valence-corrected chi connectivity index (χ3v) is 3.11. The second-order valence-corrected chi connectivity index (χ2v) is 4.61. The van der Waals surface area contributed by atoms with E-state index >= 15 is 0 Å². The van der Waals surface area contributed by atoms with Crippen LogP contribution in [0.2, 0.25) is 0 Å². The van der Waals surface area contributed by atoms with Gasteiger partial charge < -0.3 is 9.73 Å².